The zero-order valence-corrected chi connectivity index (χ0v) is 33.1. The monoisotopic (exact) mass is 775 g/mol. The summed E-state index contributed by atoms with van der Waals surface area (Å²) >= 11 is 0. The number of amides is 3. The summed E-state index contributed by atoms with van der Waals surface area (Å²) in [6, 6.07) is 17.6. The lowest BCUT2D eigenvalue weighted by Crippen LogP contribution is -2.75. The minimum Gasteiger partial charge on any atom is -0.507 e. The third-order valence-electron chi connectivity index (χ3n) is 13.9. The van der Waals surface area contributed by atoms with Crippen LogP contribution in [-0.4, -0.2) is 113 Å². The Hall–Kier alpha value is -4.55. The molecule has 12 nitrogen and oxygen atoms in total. The summed E-state index contributed by atoms with van der Waals surface area (Å²) in [5, 5.41) is 21.5. The number of hydrogen-bond acceptors (Lipinski definition) is 10. The summed E-state index contributed by atoms with van der Waals surface area (Å²) in [5.74, 6) is 0.503. The molecule has 57 heavy (non-hydrogen) atoms. The molecule has 12 heteroatoms. The van der Waals surface area contributed by atoms with E-state index in [2.05, 4.69) is 59.4 Å². The van der Waals surface area contributed by atoms with Gasteiger partial charge >= 0.3 is 0 Å². The zero-order chi connectivity index (χ0) is 39.0. The van der Waals surface area contributed by atoms with Gasteiger partial charge in [0.15, 0.2) is 5.60 Å². The normalized spacial score (nSPS) is 24.2. The lowest BCUT2D eigenvalue weighted by molar-refractivity contribution is -0.194. The number of rotatable bonds is 10. The Morgan fingerprint density at radius 3 is 2.28 bits per heavy atom. The number of nitrogens with one attached hydrogen (secondary N) is 1. The highest BCUT2D eigenvalue weighted by Gasteiger charge is 2.57. The molecule has 0 radical (unpaired) electrons. The first-order valence-corrected chi connectivity index (χ1v) is 21.5. The number of benzene rings is 2. The molecule has 1 atom stereocenters. The van der Waals surface area contributed by atoms with Crippen molar-refractivity contribution in [3.8, 4) is 17.0 Å². The van der Waals surface area contributed by atoms with Crippen molar-refractivity contribution in [3.63, 3.8) is 0 Å². The van der Waals surface area contributed by atoms with E-state index in [1.54, 1.807) is 18.3 Å². The van der Waals surface area contributed by atoms with Crippen LogP contribution in [0.2, 0.25) is 0 Å². The first-order valence-electron chi connectivity index (χ1n) is 21.5. The largest absolute Gasteiger partial charge is 0.507 e. The Morgan fingerprint density at radius 2 is 1.56 bits per heavy atom. The minimum absolute atomic E-state index is 0.149. The van der Waals surface area contributed by atoms with Gasteiger partial charge < -0.3 is 29.4 Å². The molecule has 6 heterocycles. The highest BCUT2D eigenvalue weighted by atomic mass is 16.5. The van der Waals surface area contributed by atoms with Crippen molar-refractivity contribution >= 4 is 29.1 Å². The van der Waals surface area contributed by atoms with Crippen molar-refractivity contribution in [2.45, 2.75) is 94.7 Å². The molecule has 3 aromatic rings. The number of aromatic hydroxyl groups is 1. The van der Waals surface area contributed by atoms with Gasteiger partial charge in [-0.25, -0.2) is 0 Å². The first kappa shape index (κ1) is 38.0. The lowest BCUT2D eigenvalue weighted by atomic mass is 9.71. The predicted octanol–water partition coefficient (Wildman–Crippen LogP) is 5.51. The van der Waals surface area contributed by atoms with Gasteiger partial charge in [-0.3, -0.25) is 19.7 Å². The molecule has 6 fully saturated rings. The van der Waals surface area contributed by atoms with Crippen LogP contribution in [0.4, 0.5) is 11.4 Å². The van der Waals surface area contributed by atoms with Gasteiger partial charge in [0.25, 0.3) is 5.91 Å². The Labute approximate surface area is 335 Å². The van der Waals surface area contributed by atoms with Crippen LogP contribution in [0, 0.1) is 11.3 Å². The maximum absolute atomic E-state index is 14.5. The number of nitrogens with zero attached hydrogens (tertiary/aromatic N) is 6. The fourth-order valence-corrected chi connectivity index (χ4v) is 10.6. The summed E-state index contributed by atoms with van der Waals surface area (Å²) < 4.78 is 6.93. The summed E-state index contributed by atoms with van der Waals surface area (Å²) in [4.78, 5) is 47.8. The Balaban J connectivity index is 0.742. The molecule has 2 aromatic carbocycles. The van der Waals surface area contributed by atoms with E-state index < -0.39 is 5.60 Å². The number of phenols is 1. The van der Waals surface area contributed by atoms with Gasteiger partial charge in [0.1, 0.15) is 5.75 Å². The van der Waals surface area contributed by atoms with Gasteiger partial charge in [-0.1, -0.05) is 43.5 Å². The van der Waals surface area contributed by atoms with Crippen LogP contribution in [0.15, 0.2) is 60.8 Å². The van der Waals surface area contributed by atoms with Crippen LogP contribution < -0.4 is 15.1 Å². The molecule has 5 saturated heterocycles. The number of carbonyl (C=O) groups excluding carboxylic acids is 3. The predicted molar refractivity (Wildman–Crippen MR) is 218 cm³/mol. The standard InChI is InChI=1S/C45H57N7O5/c53-40-9-5-4-8-38(40)39-26-35(27-46-48-39)51-24-19-45(20-25-51,57-36-6-2-1-3-7-36)43(56)52-30-44(31-52)28-49(29-44)21-16-32-17-22-50(23-18-32)34-12-10-33(11-13-34)37-14-15-41(54)47-42(37)55/h4-5,8-13,26-27,32,36-37,53H,1-3,6-7,14-25,28-31H2,(H,47,54,55)/t37-/m0/s1. The molecule has 1 spiro atoms. The lowest BCUT2D eigenvalue weighted by Gasteiger charge is -2.62. The average molecular weight is 776 g/mol. The maximum Gasteiger partial charge on any atom is 0.255 e. The second kappa shape index (κ2) is 16.0. The Morgan fingerprint density at radius 1 is 0.842 bits per heavy atom. The van der Waals surface area contributed by atoms with E-state index in [4.69, 9.17) is 4.74 Å². The van der Waals surface area contributed by atoms with Gasteiger partial charge in [0, 0.05) is 88.3 Å². The van der Waals surface area contributed by atoms with Crippen molar-refractivity contribution in [1.29, 1.82) is 0 Å². The van der Waals surface area contributed by atoms with E-state index in [1.807, 2.05) is 18.2 Å². The van der Waals surface area contributed by atoms with Crippen LogP contribution in [0.3, 0.4) is 0 Å². The molecule has 3 amide bonds. The molecular formula is C45H57N7O5. The molecule has 1 aliphatic carbocycles. The van der Waals surface area contributed by atoms with Crippen LogP contribution >= 0.6 is 0 Å². The minimum atomic E-state index is -0.783. The smallest absolute Gasteiger partial charge is 0.255 e. The van der Waals surface area contributed by atoms with Crippen LogP contribution in [0.25, 0.3) is 11.3 Å². The van der Waals surface area contributed by atoms with Crippen LogP contribution in [0.1, 0.15) is 88.5 Å². The average Bonchev–Trinajstić information content (AvgIpc) is 3.21. The molecular weight excluding hydrogens is 719 g/mol. The number of ether oxygens (including phenoxy) is 1. The van der Waals surface area contributed by atoms with Crippen molar-refractivity contribution in [2.24, 2.45) is 11.3 Å². The summed E-state index contributed by atoms with van der Waals surface area (Å²) in [5.41, 5.74) is 3.88. The summed E-state index contributed by atoms with van der Waals surface area (Å²) in [6.45, 7) is 8.44. The molecule has 1 aromatic heterocycles. The second-order valence-electron chi connectivity index (χ2n) is 17.9. The molecule has 9 rings (SSSR count). The number of hydrogen-bond donors (Lipinski definition) is 2. The van der Waals surface area contributed by atoms with Crippen molar-refractivity contribution in [1.82, 2.24) is 25.3 Å². The second-order valence-corrected chi connectivity index (χ2v) is 17.9. The number of para-hydroxylation sites is 1. The highest BCUT2D eigenvalue weighted by molar-refractivity contribution is 6.01. The SMILES string of the molecule is O=C1CC[C@@H](c2ccc(N3CCC(CCN4CC5(C4)CN(C(=O)C4(OC6CCCCC6)CCN(c6cnnc(-c7ccccc7O)c6)CC4)C5)CC3)cc2)C(=O)N1. The van der Waals surface area contributed by atoms with E-state index in [-0.39, 0.29) is 40.9 Å². The number of imide groups is 1. The molecule has 302 valence electrons. The molecule has 6 aliphatic rings. The summed E-state index contributed by atoms with van der Waals surface area (Å²) in [7, 11) is 0. The highest BCUT2D eigenvalue weighted by Crippen LogP contribution is 2.44. The third kappa shape index (κ3) is 7.99. The van der Waals surface area contributed by atoms with E-state index in [0.29, 0.717) is 50.0 Å². The van der Waals surface area contributed by atoms with Crippen molar-refractivity contribution < 1.29 is 24.2 Å². The fourth-order valence-electron chi connectivity index (χ4n) is 10.6. The number of likely N-dealkylation sites (tertiary alicyclic amines) is 2. The Bertz CT molecular complexity index is 1920. The number of aromatic nitrogens is 2. The van der Waals surface area contributed by atoms with E-state index in [9.17, 15) is 19.5 Å². The quantitative estimate of drug-likeness (QED) is 0.255. The zero-order valence-electron chi connectivity index (χ0n) is 33.1. The van der Waals surface area contributed by atoms with Crippen molar-refractivity contribution in [2.75, 3.05) is 68.7 Å². The van der Waals surface area contributed by atoms with Gasteiger partial charge in [-0.2, -0.15) is 10.2 Å². The molecule has 5 aliphatic heterocycles. The molecule has 2 N–H and O–H groups in total. The number of anilines is 2. The van der Waals surface area contributed by atoms with Gasteiger partial charge in [-0.05, 0) is 86.9 Å². The topological polar surface area (TPSA) is 131 Å². The van der Waals surface area contributed by atoms with E-state index in [1.165, 1.54) is 44.2 Å². The van der Waals surface area contributed by atoms with Gasteiger partial charge in [0.05, 0.1) is 29.6 Å². The fraction of sp³-hybridized carbons (Fsp3) is 0.578. The number of carbonyl (C=O) groups is 3. The maximum atomic E-state index is 14.5. The number of piperidine rings is 3. The van der Waals surface area contributed by atoms with Crippen LogP contribution in [-0.2, 0) is 19.1 Å². The Kier molecular flexibility index (Phi) is 10.7. The van der Waals surface area contributed by atoms with Crippen molar-refractivity contribution in [3.05, 3.63) is 66.4 Å². The first-order chi connectivity index (χ1) is 27.7. The van der Waals surface area contributed by atoms with Gasteiger partial charge in [0.2, 0.25) is 11.8 Å². The molecule has 1 saturated carbocycles. The summed E-state index contributed by atoms with van der Waals surface area (Å²) in [6.07, 6.45) is 13.5. The van der Waals surface area contributed by atoms with E-state index >= 15 is 0 Å². The van der Waals surface area contributed by atoms with Crippen LogP contribution in [0.5, 0.6) is 5.75 Å². The molecule has 0 bridgehead atoms. The van der Waals surface area contributed by atoms with Gasteiger partial charge in [-0.15, -0.1) is 0 Å². The molecule has 0 unspecified atom stereocenters. The van der Waals surface area contributed by atoms with E-state index in [0.717, 1.165) is 75.8 Å². The third-order valence-corrected chi connectivity index (χ3v) is 13.9. The number of phenolic OH excluding ortho intramolecular Hbond substituents is 1.